The zero-order valence-electron chi connectivity index (χ0n) is 15.6. The minimum atomic E-state index is -0.423. The Labute approximate surface area is 157 Å². The molecule has 3 rings (SSSR count). The Bertz CT molecular complexity index is 962. The Morgan fingerprint density at radius 3 is 2.67 bits per heavy atom. The van der Waals surface area contributed by atoms with Crippen LogP contribution in [0.2, 0.25) is 0 Å². The molecule has 3 aromatic rings. The molecule has 142 valence electrons. The fourth-order valence-corrected chi connectivity index (χ4v) is 2.84. The van der Waals surface area contributed by atoms with Gasteiger partial charge >= 0.3 is 0 Å². The number of nitrogens with one attached hydrogen (secondary N) is 1. The third-order valence-electron chi connectivity index (χ3n) is 4.53. The predicted molar refractivity (Wildman–Crippen MR) is 101 cm³/mol. The molecular formula is C20H23FN4O2. The van der Waals surface area contributed by atoms with E-state index in [1.807, 2.05) is 20.8 Å². The van der Waals surface area contributed by atoms with Gasteiger partial charge in [-0.25, -0.2) is 14.1 Å². The summed E-state index contributed by atoms with van der Waals surface area (Å²) in [5.41, 5.74) is 0.857. The van der Waals surface area contributed by atoms with Crippen LogP contribution in [0.3, 0.4) is 0 Å². The van der Waals surface area contributed by atoms with Crippen molar-refractivity contribution in [2.24, 2.45) is 5.41 Å². The molecule has 0 fully saturated rings. The highest BCUT2D eigenvalue weighted by atomic mass is 19.1. The van der Waals surface area contributed by atoms with Gasteiger partial charge < -0.3 is 10.4 Å². The third kappa shape index (κ3) is 3.98. The molecule has 1 atom stereocenters. The normalized spacial score (nSPS) is 12.9. The van der Waals surface area contributed by atoms with E-state index in [0.29, 0.717) is 16.6 Å². The molecule has 0 aliphatic carbocycles. The maximum Gasteiger partial charge on any atom is 0.272 e. The van der Waals surface area contributed by atoms with Crippen LogP contribution in [-0.2, 0) is 6.54 Å². The molecule has 0 aliphatic heterocycles. The number of rotatable bonds is 5. The Morgan fingerprint density at radius 1 is 1.26 bits per heavy atom. The van der Waals surface area contributed by atoms with E-state index in [1.165, 1.54) is 10.7 Å². The zero-order chi connectivity index (χ0) is 19.6. The number of hydrogen-bond acceptors (Lipinski definition) is 4. The first-order valence-electron chi connectivity index (χ1n) is 8.78. The summed E-state index contributed by atoms with van der Waals surface area (Å²) in [4.78, 5) is 17.1. The van der Waals surface area contributed by atoms with Gasteiger partial charge in [-0.2, -0.15) is 5.10 Å². The number of carbonyl (C=O) groups is 1. The van der Waals surface area contributed by atoms with Gasteiger partial charge in [0.05, 0.1) is 24.6 Å². The number of halogens is 1. The average Bonchev–Trinajstić information content (AvgIpc) is 2.99. The van der Waals surface area contributed by atoms with Gasteiger partial charge in [0.1, 0.15) is 5.82 Å². The summed E-state index contributed by atoms with van der Waals surface area (Å²) in [6.45, 7) is 5.79. The van der Waals surface area contributed by atoms with Gasteiger partial charge in [0.2, 0.25) is 0 Å². The van der Waals surface area contributed by atoms with Gasteiger partial charge in [-0.1, -0.05) is 39.0 Å². The molecule has 7 heteroatoms. The zero-order valence-corrected chi connectivity index (χ0v) is 15.6. The topological polar surface area (TPSA) is 80.0 Å². The van der Waals surface area contributed by atoms with Crippen LogP contribution in [0.25, 0.3) is 11.0 Å². The molecule has 0 spiro atoms. The largest absolute Gasteiger partial charge is 0.394 e. The molecular weight excluding hydrogens is 347 g/mol. The van der Waals surface area contributed by atoms with Crippen molar-refractivity contribution in [2.45, 2.75) is 33.4 Å². The standard InChI is InChI=1S/C20H23FN4O2/c1-20(2,3)16(12-26)23-19(27)17-14-8-6-10-22-18(14)25(24-17)11-13-7-4-5-9-15(13)21/h4-10,16,26H,11-12H2,1-3H3,(H,23,27)/t16-/m1/s1. The van der Waals surface area contributed by atoms with Crippen molar-refractivity contribution in [3.05, 3.63) is 59.7 Å². The smallest absolute Gasteiger partial charge is 0.272 e. The van der Waals surface area contributed by atoms with Gasteiger partial charge in [-0.3, -0.25) is 4.79 Å². The molecule has 0 bridgehead atoms. The maximum atomic E-state index is 14.0. The number of aromatic nitrogens is 3. The number of carbonyl (C=O) groups excluding carboxylic acids is 1. The van der Waals surface area contributed by atoms with E-state index in [2.05, 4.69) is 15.4 Å². The number of amides is 1. The molecule has 2 heterocycles. The monoisotopic (exact) mass is 370 g/mol. The molecule has 27 heavy (non-hydrogen) atoms. The summed E-state index contributed by atoms with van der Waals surface area (Å²) in [7, 11) is 0. The van der Waals surface area contributed by atoms with Crippen LogP contribution in [0.15, 0.2) is 42.6 Å². The number of aliphatic hydroxyl groups excluding tert-OH is 1. The molecule has 0 radical (unpaired) electrons. The lowest BCUT2D eigenvalue weighted by molar-refractivity contribution is 0.0844. The van der Waals surface area contributed by atoms with Gasteiger partial charge in [0, 0.05) is 11.8 Å². The van der Waals surface area contributed by atoms with Crippen molar-refractivity contribution in [3.8, 4) is 0 Å². The van der Waals surface area contributed by atoms with Crippen molar-refractivity contribution in [1.29, 1.82) is 0 Å². The molecule has 1 aromatic carbocycles. The number of pyridine rings is 1. The molecule has 0 unspecified atom stereocenters. The Kier molecular flexibility index (Phi) is 5.23. The average molecular weight is 370 g/mol. The van der Waals surface area contributed by atoms with E-state index >= 15 is 0 Å². The highest BCUT2D eigenvalue weighted by Crippen LogP contribution is 2.22. The fraction of sp³-hybridized carbons (Fsp3) is 0.350. The van der Waals surface area contributed by atoms with Crippen molar-refractivity contribution in [1.82, 2.24) is 20.1 Å². The number of hydrogen-bond donors (Lipinski definition) is 2. The van der Waals surface area contributed by atoms with Crippen LogP contribution >= 0.6 is 0 Å². The Hall–Kier alpha value is -2.80. The first-order chi connectivity index (χ1) is 12.8. The molecule has 2 aromatic heterocycles. The van der Waals surface area contributed by atoms with Crippen LogP contribution in [0.5, 0.6) is 0 Å². The number of aliphatic hydroxyl groups is 1. The summed E-state index contributed by atoms with van der Waals surface area (Å²) in [5, 5.41) is 17.4. The molecule has 6 nitrogen and oxygen atoms in total. The van der Waals surface area contributed by atoms with E-state index in [4.69, 9.17) is 0 Å². The highest BCUT2D eigenvalue weighted by Gasteiger charge is 2.28. The van der Waals surface area contributed by atoms with Crippen LogP contribution in [0, 0.1) is 11.2 Å². The summed E-state index contributed by atoms with van der Waals surface area (Å²) in [6.07, 6.45) is 1.61. The van der Waals surface area contributed by atoms with Gasteiger partial charge in [0.25, 0.3) is 5.91 Å². The van der Waals surface area contributed by atoms with Crippen LogP contribution < -0.4 is 5.32 Å². The molecule has 0 aliphatic rings. The number of fused-ring (bicyclic) bond motifs is 1. The van der Waals surface area contributed by atoms with E-state index in [-0.39, 0.29) is 30.1 Å². The summed E-state index contributed by atoms with van der Waals surface area (Å²) in [6, 6.07) is 9.49. The lowest BCUT2D eigenvalue weighted by atomic mass is 9.87. The quantitative estimate of drug-likeness (QED) is 0.724. The Balaban J connectivity index is 1.97. The van der Waals surface area contributed by atoms with Crippen molar-refractivity contribution >= 4 is 16.9 Å². The first-order valence-corrected chi connectivity index (χ1v) is 8.78. The van der Waals surface area contributed by atoms with E-state index in [0.717, 1.165) is 0 Å². The lowest BCUT2D eigenvalue weighted by Crippen LogP contribution is -2.46. The second-order valence-corrected chi connectivity index (χ2v) is 7.55. The van der Waals surface area contributed by atoms with E-state index in [1.54, 1.807) is 36.5 Å². The molecule has 0 saturated heterocycles. The van der Waals surface area contributed by atoms with Gasteiger partial charge in [-0.05, 0) is 23.6 Å². The van der Waals surface area contributed by atoms with Crippen LogP contribution in [0.1, 0.15) is 36.8 Å². The summed E-state index contributed by atoms with van der Waals surface area (Å²) in [5.74, 6) is -0.731. The predicted octanol–water partition coefficient (Wildman–Crippen LogP) is 2.76. The number of benzene rings is 1. The maximum absolute atomic E-state index is 14.0. The lowest BCUT2D eigenvalue weighted by Gasteiger charge is -2.29. The fourth-order valence-electron chi connectivity index (χ4n) is 2.84. The highest BCUT2D eigenvalue weighted by molar-refractivity contribution is 6.04. The second kappa shape index (κ2) is 7.44. The molecule has 2 N–H and O–H groups in total. The summed E-state index contributed by atoms with van der Waals surface area (Å²) >= 11 is 0. The van der Waals surface area contributed by atoms with Crippen molar-refractivity contribution in [3.63, 3.8) is 0 Å². The third-order valence-corrected chi connectivity index (χ3v) is 4.53. The van der Waals surface area contributed by atoms with E-state index in [9.17, 15) is 14.3 Å². The molecule has 0 saturated carbocycles. The summed E-state index contributed by atoms with van der Waals surface area (Å²) < 4.78 is 15.5. The van der Waals surface area contributed by atoms with Gasteiger partial charge in [-0.15, -0.1) is 0 Å². The molecule has 1 amide bonds. The first kappa shape index (κ1) is 19.0. The van der Waals surface area contributed by atoms with E-state index < -0.39 is 11.9 Å². The van der Waals surface area contributed by atoms with Crippen molar-refractivity contribution < 1.29 is 14.3 Å². The minimum absolute atomic E-state index is 0.163. The minimum Gasteiger partial charge on any atom is -0.394 e. The Morgan fingerprint density at radius 2 is 2.00 bits per heavy atom. The van der Waals surface area contributed by atoms with Crippen LogP contribution in [-0.4, -0.2) is 38.4 Å². The SMILES string of the molecule is CC(C)(C)[C@@H](CO)NC(=O)c1nn(Cc2ccccc2F)c2ncccc12. The van der Waals surface area contributed by atoms with Crippen molar-refractivity contribution in [2.75, 3.05) is 6.61 Å². The van der Waals surface area contributed by atoms with Crippen LogP contribution in [0.4, 0.5) is 4.39 Å². The second-order valence-electron chi connectivity index (χ2n) is 7.55. The van der Waals surface area contributed by atoms with Gasteiger partial charge in [0.15, 0.2) is 11.3 Å². The number of nitrogens with zero attached hydrogens (tertiary/aromatic N) is 3.